The van der Waals surface area contributed by atoms with E-state index in [-0.39, 0.29) is 48.1 Å². The number of ether oxygens (including phenoxy) is 1. The summed E-state index contributed by atoms with van der Waals surface area (Å²) in [5.41, 5.74) is 22.0. The fourth-order valence-corrected chi connectivity index (χ4v) is 19.1. The van der Waals surface area contributed by atoms with Crippen LogP contribution in [0.5, 0.6) is 11.5 Å². The Morgan fingerprint density at radius 3 is 1.53 bits per heavy atom. The molecule has 4 heterocycles. The number of aryl methyl sites for hydroxylation is 2. The molecule has 3 aliphatic heterocycles. The third-order valence-corrected chi connectivity index (χ3v) is 23.3. The van der Waals surface area contributed by atoms with Gasteiger partial charge in [0.1, 0.15) is 13.9 Å². The molecule has 0 unspecified atom stereocenters. The van der Waals surface area contributed by atoms with Crippen LogP contribution in [0.25, 0.3) is 33.4 Å². The van der Waals surface area contributed by atoms with Crippen LogP contribution in [0.1, 0.15) is 143 Å². The summed E-state index contributed by atoms with van der Waals surface area (Å²) in [6.07, 6.45) is 1.96. The molecule has 0 aliphatic carbocycles. The molecule has 0 atom stereocenters. The Kier molecular flexibility index (Phi) is 15.2. The van der Waals surface area contributed by atoms with E-state index < -0.39 is 8.07 Å². The Labute approximate surface area is 546 Å². The van der Waals surface area contributed by atoms with Crippen LogP contribution in [-0.4, -0.2) is 13.1 Å². The number of aromatic nitrogens is 1. The summed E-state index contributed by atoms with van der Waals surface area (Å²) in [6.45, 7) is 41.5. The minimum atomic E-state index is -2.98. The Bertz CT molecular complexity index is 4340. The van der Waals surface area contributed by atoms with Crippen molar-refractivity contribution in [1.29, 1.82) is 0 Å². The molecule has 0 N–H and O–H groups in total. The Morgan fingerprint density at radius 2 is 0.921 bits per heavy atom. The second-order valence-electron chi connectivity index (χ2n) is 30.1. The van der Waals surface area contributed by atoms with Crippen molar-refractivity contribution >= 4 is 68.8 Å². The van der Waals surface area contributed by atoms with Gasteiger partial charge in [-0.05, 0) is 149 Å². The summed E-state index contributed by atoms with van der Waals surface area (Å²) >= 11 is 0. The van der Waals surface area contributed by atoms with Gasteiger partial charge in [0.15, 0.2) is 0 Å². The number of hydrogen-bond acceptors (Lipinski definition) is 5. The predicted octanol–water partition coefficient (Wildman–Crippen LogP) is 19.5. The number of hydrogen-bond donors (Lipinski definition) is 0. The number of anilines is 7. The van der Waals surface area contributed by atoms with Gasteiger partial charge in [-0.1, -0.05) is 230 Å². The maximum absolute atomic E-state index is 7.14. The van der Waals surface area contributed by atoms with Crippen LogP contribution in [0, 0.1) is 32.6 Å². The number of fused-ring (bicyclic) bond motifs is 10. The first-order chi connectivity index (χ1) is 41.6. The summed E-state index contributed by atoms with van der Waals surface area (Å²) in [6, 6.07) is 76.4. The molecule has 0 saturated carbocycles. The molecule has 89 heavy (non-hydrogen) atoms. The number of para-hydroxylation sites is 3. The average molecular weight is 1360 g/mol. The minimum absolute atomic E-state index is 0. The second-order valence-corrected chi connectivity index (χ2v) is 33.7. The van der Waals surface area contributed by atoms with Gasteiger partial charge in [0.2, 0.25) is 0 Å². The van der Waals surface area contributed by atoms with Crippen molar-refractivity contribution in [2.75, 3.05) is 14.7 Å². The zero-order valence-electron chi connectivity index (χ0n) is 55.0. The summed E-state index contributed by atoms with van der Waals surface area (Å²) in [5, 5.41) is 5.43. The van der Waals surface area contributed by atoms with Gasteiger partial charge in [-0.15, -0.1) is 47.9 Å². The van der Waals surface area contributed by atoms with Crippen molar-refractivity contribution in [2.24, 2.45) is 0 Å². The summed E-state index contributed by atoms with van der Waals surface area (Å²) in [5.74, 6) is 2.04. The van der Waals surface area contributed by atoms with Gasteiger partial charge in [-0.2, -0.15) is 12.1 Å². The third kappa shape index (κ3) is 10.8. The first kappa shape index (κ1) is 61.5. The van der Waals surface area contributed by atoms with Crippen molar-refractivity contribution in [3.63, 3.8) is 0 Å². The minimum Gasteiger partial charge on any atom is -0.509 e. The molecule has 10 aromatic rings. The summed E-state index contributed by atoms with van der Waals surface area (Å²) < 4.78 is 7.14. The maximum Gasteiger partial charge on any atom is 0.135 e. The molecule has 0 radical (unpaired) electrons. The monoisotopic (exact) mass is 1360 g/mol. The van der Waals surface area contributed by atoms with E-state index in [1.807, 2.05) is 12.3 Å². The zero-order valence-corrected chi connectivity index (χ0v) is 58.3. The molecule has 5 nitrogen and oxygen atoms in total. The van der Waals surface area contributed by atoms with E-state index in [0.29, 0.717) is 11.5 Å². The SMILES string of the molecule is Cc1ccc2c(c1)[Si]1(c3ccc(Oc4[c-]c(N5[CH-]N(c6c(-c7cccc(C(C)(C)C)c7)cc(C(C)(C)C)cc6-c6cc(C(C)(C)C)cc(C(C)(C)C)c6)c6ccccc65)ccc4)[c-]c3N(c3cc(C(C)(C)C)ccn3)c3ccccc31)c1cc(C)ccc1-2.[Pt]. The smallest absolute Gasteiger partial charge is 0.135 e. The number of benzene rings is 9. The fraction of sp³-hybridized carbons (Fsp3) is 0.268. The van der Waals surface area contributed by atoms with Gasteiger partial charge < -0.3 is 19.4 Å². The molecule has 3 aliphatic rings. The normalized spacial score (nSPS) is 14.2. The molecular formula is C82H83N4OPtSi-3. The van der Waals surface area contributed by atoms with Gasteiger partial charge in [0.25, 0.3) is 0 Å². The summed E-state index contributed by atoms with van der Waals surface area (Å²) in [4.78, 5) is 12.2. The van der Waals surface area contributed by atoms with Crippen molar-refractivity contribution in [3.8, 4) is 44.9 Å². The molecular weight excluding hydrogens is 1280 g/mol. The largest absolute Gasteiger partial charge is 0.509 e. The maximum atomic E-state index is 7.14. The van der Waals surface area contributed by atoms with Crippen molar-refractivity contribution in [2.45, 2.75) is 145 Å². The van der Waals surface area contributed by atoms with Crippen LogP contribution in [0.15, 0.2) is 188 Å². The predicted molar refractivity (Wildman–Crippen MR) is 375 cm³/mol. The van der Waals surface area contributed by atoms with Gasteiger partial charge in [0, 0.05) is 72.6 Å². The molecule has 9 aromatic carbocycles. The van der Waals surface area contributed by atoms with E-state index in [4.69, 9.17) is 9.72 Å². The fourth-order valence-electron chi connectivity index (χ4n) is 13.4. The first-order valence-corrected chi connectivity index (χ1v) is 33.4. The van der Waals surface area contributed by atoms with Gasteiger partial charge in [0.05, 0.1) is 0 Å². The van der Waals surface area contributed by atoms with Crippen molar-refractivity contribution < 1.29 is 25.8 Å². The molecule has 0 bridgehead atoms. The van der Waals surface area contributed by atoms with Crippen molar-refractivity contribution in [1.82, 2.24) is 4.98 Å². The molecule has 1 aromatic heterocycles. The van der Waals surface area contributed by atoms with Crippen molar-refractivity contribution in [3.05, 3.63) is 246 Å². The quantitative estimate of drug-likeness (QED) is 0.117. The number of pyridine rings is 1. The molecule has 7 heteroatoms. The molecule has 0 fully saturated rings. The Morgan fingerprint density at radius 1 is 0.404 bits per heavy atom. The van der Waals surface area contributed by atoms with E-state index in [9.17, 15) is 0 Å². The first-order valence-electron chi connectivity index (χ1n) is 31.4. The zero-order chi connectivity index (χ0) is 62.2. The van der Waals surface area contributed by atoms with Crippen LogP contribution >= 0.6 is 0 Å². The standard InChI is InChI=1S/C82H83N4OSi.Pt/c1-52-32-35-64-65-36-33-53(2)41-75(65)88(74(64)40-52)72-31-21-20-30-70(72)86(76-48-57(38-39-83-76)79(6,7)8)71-50-63(34-37-73(71)88)87-62-27-23-26-61(49-62)84-51-85(69-29-19-18-28-68(69)84)77-66(54-24-22-25-56(42-54)78(3,4)5)46-60(82(15,16)17)47-67(77)55-43-58(80(9,10)11)45-59(44-55)81(12,13)14;/h18-48,51H,1-17H3;/q-3;. The molecule has 0 amide bonds. The van der Waals surface area contributed by atoms with Crippen LogP contribution in [0.4, 0.5) is 39.9 Å². The van der Waals surface area contributed by atoms with Gasteiger partial charge in [-0.3, -0.25) is 0 Å². The Balaban J connectivity index is 0.00000769. The van der Waals surface area contributed by atoms with Crippen LogP contribution < -0.4 is 40.2 Å². The number of rotatable bonds is 7. The van der Waals surface area contributed by atoms with E-state index in [2.05, 4.69) is 327 Å². The van der Waals surface area contributed by atoms with E-state index >= 15 is 0 Å². The molecule has 13 rings (SSSR count). The van der Waals surface area contributed by atoms with Crippen LogP contribution in [0.3, 0.4) is 0 Å². The molecule has 454 valence electrons. The van der Waals surface area contributed by atoms with Crippen LogP contribution in [-0.2, 0) is 48.1 Å². The molecule has 1 spiro atoms. The number of nitrogens with zero attached hydrogens (tertiary/aromatic N) is 4. The Hall–Kier alpha value is -7.76. The van der Waals surface area contributed by atoms with Gasteiger partial charge >= 0.3 is 0 Å². The topological polar surface area (TPSA) is 31.8 Å². The third-order valence-electron chi connectivity index (χ3n) is 18.5. The van der Waals surface area contributed by atoms with E-state index in [0.717, 1.165) is 39.9 Å². The molecule has 0 saturated heterocycles. The van der Waals surface area contributed by atoms with Crippen LogP contribution in [0.2, 0.25) is 0 Å². The average Bonchev–Trinajstić information content (AvgIpc) is 1.59. The van der Waals surface area contributed by atoms with E-state index in [1.165, 1.54) is 93.1 Å². The second kappa shape index (κ2) is 22.0. The summed E-state index contributed by atoms with van der Waals surface area (Å²) in [7, 11) is -2.98. The van der Waals surface area contributed by atoms with Gasteiger partial charge in [-0.25, -0.2) is 4.98 Å². The van der Waals surface area contributed by atoms with E-state index in [1.54, 1.807) is 0 Å².